The molecule has 0 saturated heterocycles. The minimum Gasteiger partial charge on any atom is -0.309 e. The molecule has 1 rings (SSSR count). The lowest BCUT2D eigenvalue weighted by Crippen LogP contribution is -2.52. The second-order valence-electron chi connectivity index (χ2n) is 3.44. The van der Waals surface area contributed by atoms with Crippen LogP contribution in [0.5, 0.6) is 0 Å². The number of nitrogens with one attached hydrogen (secondary N) is 1. The van der Waals surface area contributed by atoms with E-state index in [0.29, 0.717) is 6.67 Å². The molecule has 4 heteroatoms. The van der Waals surface area contributed by atoms with Crippen molar-refractivity contribution in [2.45, 2.75) is 13.8 Å². The van der Waals surface area contributed by atoms with Crippen LogP contribution in [-0.2, 0) is 4.79 Å². The van der Waals surface area contributed by atoms with Gasteiger partial charge in [0.2, 0.25) is 5.91 Å². The van der Waals surface area contributed by atoms with Crippen molar-refractivity contribution in [1.82, 2.24) is 5.32 Å². The Bertz CT molecular complexity index is 224. The minimum absolute atomic E-state index is 0.0223. The van der Waals surface area contributed by atoms with E-state index in [1.165, 1.54) is 6.92 Å². The van der Waals surface area contributed by atoms with Gasteiger partial charge in [-0.15, -0.1) is 0 Å². The van der Waals surface area contributed by atoms with E-state index in [0.717, 1.165) is 23.4 Å². The van der Waals surface area contributed by atoms with Crippen LogP contribution in [0.15, 0.2) is 4.99 Å². The molecule has 0 radical (unpaired) electrons. The third kappa shape index (κ3) is 1.82. The maximum atomic E-state index is 10.7. The number of amidine groups is 1. The molecule has 1 heterocycles. The van der Waals surface area contributed by atoms with Crippen molar-refractivity contribution >= 4 is 11.7 Å². The van der Waals surface area contributed by atoms with Gasteiger partial charge in [-0.1, -0.05) is 0 Å². The predicted molar refractivity (Wildman–Crippen MR) is 47.7 cm³/mol. The van der Waals surface area contributed by atoms with Crippen molar-refractivity contribution in [2.24, 2.45) is 4.99 Å². The average Bonchev–Trinajstić information content (AvgIpc) is 2.30. The monoisotopic (exact) mass is 170 g/mol. The van der Waals surface area contributed by atoms with Crippen LogP contribution in [0.25, 0.3) is 0 Å². The molecule has 0 spiro atoms. The van der Waals surface area contributed by atoms with Crippen molar-refractivity contribution < 1.29 is 9.28 Å². The predicted octanol–water partition coefficient (Wildman–Crippen LogP) is -0.0414. The Labute approximate surface area is 72.9 Å². The largest absolute Gasteiger partial charge is 0.309 e. The van der Waals surface area contributed by atoms with Crippen molar-refractivity contribution in [3.63, 3.8) is 0 Å². The number of hydrogen-bond donors (Lipinski definition) is 1. The molecule has 1 amide bonds. The number of aliphatic imine (C=N–C) groups is 1. The van der Waals surface area contributed by atoms with Crippen molar-refractivity contribution in [1.29, 1.82) is 0 Å². The lowest BCUT2D eigenvalue weighted by Gasteiger charge is -2.28. The third-order valence-corrected chi connectivity index (χ3v) is 2.39. The van der Waals surface area contributed by atoms with Crippen LogP contribution >= 0.6 is 0 Å². The van der Waals surface area contributed by atoms with Crippen LogP contribution in [0, 0.1) is 0 Å². The van der Waals surface area contributed by atoms with Crippen LogP contribution in [0.2, 0.25) is 0 Å². The zero-order chi connectivity index (χ0) is 9.19. The molecule has 0 aromatic heterocycles. The van der Waals surface area contributed by atoms with Crippen molar-refractivity contribution in [3.05, 3.63) is 0 Å². The normalized spacial score (nSPS) is 28.4. The number of rotatable bonds is 2. The van der Waals surface area contributed by atoms with Gasteiger partial charge in [0.1, 0.15) is 6.54 Å². The fourth-order valence-corrected chi connectivity index (χ4v) is 1.24. The maximum absolute atomic E-state index is 10.7. The molecular weight excluding hydrogens is 154 g/mol. The van der Waals surface area contributed by atoms with Crippen LogP contribution in [0.1, 0.15) is 13.8 Å². The van der Waals surface area contributed by atoms with E-state index >= 15 is 0 Å². The Morgan fingerprint density at radius 2 is 2.42 bits per heavy atom. The molecule has 68 valence electrons. The second kappa shape index (κ2) is 3.23. The van der Waals surface area contributed by atoms with Gasteiger partial charge in [-0.05, 0) is 0 Å². The van der Waals surface area contributed by atoms with E-state index in [4.69, 9.17) is 0 Å². The van der Waals surface area contributed by atoms with E-state index in [2.05, 4.69) is 17.4 Å². The van der Waals surface area contributed by atoms with E-state index in [1.54, 1.807) is 0 Å². The summed E-state index contributed by atoms with van der Waals surface area (Å²) >= 11 is 0. The zero-order valence-corrected chi connectivity index (χ0v) is 7.92. The topological polar surface area (TPSA) is 41.5 Å². The maximum Gasteiger partial charge on any atom is 0.221 e. The minimum atomic E-state index is 0.0223. The van der Waals surface area contributed by atoms with Crippen LogP contribution in [0.4, 0.5) is 0 Å². The summed E-state index contributed by atoms with van der Waals surface area (Å²) in [7, 11) is 2.09. The molecular formula is C8H16N3O+. The smallest absolute Gasteiger partial charge is 0.221 e. The molecule has 12 heavy (non-hydrogen) atoms. The van der Waals surface area contributed by atoms with Gasteiger partial charge in [-0.25, -0.2) is 4.99 Å². The highest BCUT2D eigenvalue weighted by Crippen LogP contribution is 2.09. The molecule has 0 fully saturated rings. The molecule has 1 N–H and O–H groups in total. The highest BCUT2D eigenvalue weighted by Gasteiger charge is 2.29. The number of quaternary nitrogens is 1. The Balaban J connectivity index is 2.50. The molecule has 1 aliphatic rings. The Kier molecular flexibility index (Phi) is 2.47. The number of nitrogens with zero attached hydrogens (tertiary/aromatic N) is 2. The average molecular weight is 170 g/mol. The van der Waals surface area contributed by atoms with Gasteiger partial charge in [0, 0.05) is 13.8 Å². The summed E-state index contributed by atoms with van der Waals surface area (Å²) < 4.78 is 0.750. The molecule has 0 aromatic carbocycles. The van der Waals surface area contributed by atoms with Gasteiger partial charge >= 0.3 is 0 Å². The number of amides is 1. The molecule has 1 aliphatic heterocycles. The first-order valence-electron chi connectivity index (χ1n) is 4.15. The summed E-state index contributed by atoms with van der Waals surface area (Å²) in [5, 5.41) is 2.81. The SMILES string of the molecule is CC(=O)NC[N+]1(C)CCN=C1C. The summed E-state index contributed by atoms with van der Waals surface area (Å²) in [6.45, 7) is 6.07. The van der Waals surface area contributed by atoms with Crippen molar-refractivity contribution in [3.8, 4) is 0 Å². The molecule has 4 nitrogen and oxygen atoms in total. The van der Waals surface area contributed by atoms with E-state index in [-0.39, 0.29) is 5.91 Å². The number of carbonyl (C=O) groups excluding carboxylic acids is 1. The van der Waals surface area contributed by atoms with Crippen LogP contribution in [-0.4, -0.2) is 43.0 Å². The van der Waals surface area contributed by atoms with E-state index in [1.807, 2.05) is 6.92 Å². The highest BCUT2D eigenvalue weighted by molar-refractivity contribution is 5.75. The number of carbonyl (C=O) groups is 1. The van der Waals surface area contributed by atoms with Gasteiger partial charge in [0.05, 0.1) is 13.6 Å². The second-order valence-corrected chi connectivity index (χ2v) is 3.44. The molecule has 0 aliphatic carbocycles. The summed E-state index contributed by atoms with van der Waals surface area (Å²) in [5.41, 5.74) is 0. The summed E-state index contributed by atoms with van der Waals surface area (Å²) in [6.07, 6.45) is 0. The Hall–Kier alpha value is -0.900. The first-order chi connectivity index (χ1) is 5.54. The molecule has 0 saturated carbocycles. The van der Waals surface area contributed by atoms with Gasteiger partial charge < -0.3 is 5.32 Å². The van der Waals surface area contributed by atoms with Crippen LogP contribution in [0.3, 0.4) is 0 Å². The van der Waals surface area contributed by atoms with Gasteiger partial charge in [-0.3, -0.25) is 9.28 Å². The van der Waals surface area contributed by atoms with Gasteiger partial charge in [-0.2, -0.15) is 0 Å². The standard InChI is InChI=1S/C8H15N3O/c1-7-9-4-5-11(7,3)6-10-8(2)12/h4-6H2,1-3H3/p+1. The van der Waals surface area contributed by atoms with Crippen LogP contribution < -0.4 is 5.32 Å². The Morgan fingerprint density at radius 3 is 2.83 bits per heavy atom. The summed E-state index contributed by atoms with van der Waals surface area (Å²) in [4.78, 5) is 15.0. The lowest BCUT2D eigenvalue weighted by atomic mass is 10.4. The summed E-state index contributed by atoms with van der Waals surface area (Å²) in [6, 6.07) is 0. The van der Waals surface area contributed by atoms with Gasteiger partial charge in [0.25, 0.3) is 0 Å². The van der Waals surface area contributed by atoms with E-state index in [9.17, 15) is 4.79 Å². The fourth-order valence-electron chi connectivity index (χ4n) is 1.24. The lowest BCUT2D eigenvalue weighted by molar-refractivity contribution is -0.816. The van der Waals surface area contributed by atoms with E-state index < -0.39 is 0 Å². The van der Waals surface area contributed by atoms with Gasteiger partial charge in [0.15, 0.2) is 12.5 Å². The third-order valence-electron chi connectivity index (χ3n) is 2.39. The number of likely N-dealkylation sites (N-methyl/N-ethyl adjacent to an activating group) is 1. The first-order valence-corrected chi connectivity index (χ1v) is 4.15. The van der Waals surface area contributed by atoms with Crippen molar-refractivity contribution in [2.75, 3.05) is 26.8 Å². The molecule has 0 bridgehead atoms. The zero-order valence-electron chi connectivity index (χ0n) is 7.92. The quantitative estimate of drug-likeness (QED) is 0.580. The highest BCUT2D eigenvalue weighted by atomic mass is 16.1. The summed E-state index contributed by atoms with van der Waals surface area (Å²) in [5.74, 6) is 1.12. The fraction of sp³-hybridized carbons (Fsp3) is 0.750. The number of hydrogen-bond acceptors (Lipinski definition) is 2. The molecule has 1 unspecified atom stereocenters. The molecule has 1 atom stereocenters. The molecule has 0 aromatic rings. The first kappa shape index (κ1) is 9.19. The Morgan fingerprint density at radius 1 is 1.75 bits per heavy atom.